The fraction of sp³-hybridized carbons (Fsp3) is 0.143. The first kappa shape index (κ1) is 15.3. The van der Waals surface area contributed by atoms with Gasteiger partial charge in [-0.3, -0.25) is 4.79 Å². The zero-order chi connectivity index (χ0) is 18.0. The monoisotopic (exact) mass is 359 g/mol. The number of aryl methyl sites for hydroxylation is 3. The second-order valence-corrected chi connectivity index (χ2v) is 7.81. The number of aromatic amines is 1. The summed E-state index contributed by atoms with van der Waals surface area (Å²) in [7, 11) is 0. The summed E-state index contributed by atoms with van der Waals surface area (Å²) in [6, 6.07) is 12.3. The molecule has 0 unspecified atom stereocenters. The van der Waals surface area contributed by atoms with Gasteiger partial charge in [0.25, 0.3) is 5.56 Å². The van der Waals surface area contributed by atoms with Crippen LogP contribution < -0.4 is 10.1 Å². The van der Waals surface area contributed by atoms with Gasteiger partial charge in [-0.1, -0.05) is 35.6 Å². The van der Waals surface area contributed by atoms with Crippen LogP contribution in [0.5, 0.6) is 0 Å². The summed E-state index contributed by atoms with van der Waals surface area (Å²) in [6.07, 6.45) is 1.99. The smallest absolute Gasteiger partial charge is 0.274 e. The number of nitrogens with zero attached hydrogens (tertiary/aromatic N) is 2. The van der Waals surface area contributed by atoms with E-state index in [4.69, 9.17) is 4.98 Å². The van der Waals surface area contributed by atoms with Crippen molar-refractivity contribution >= 4 is 44.3 Å². The first-order chi connectivity index (χ1) is 12.5. The van der Waals surface area contributed by atoms with Gasteiger partial charge in [0.15, 0.2) is 4.96 Å². The Bertz CT molecular complexity index is 1440. The number of fused-ring (bicyclic) bond motifs is 4. The lowest BCUT2D eigenvalue weighted by molar-refractivity contribution is 1.18. The highest BCUT2D eigenvalue weighted by Gasteiger charge is 2.14. The highest BCUT2D eigenvalue weighted by Crippen LogP contribution is 2.24. The Morgan fingerprint density at radius 3 is 2.81 bits per heavy atom. The number of rotatable bonds is 1. The molecule has 128 valence electrons. The molecule has 0 atom stereocenters. The predicted octanol–water partition coefficient (Wildman–Crippen LogP) is 3.86. The van der Waals surface area contributed by atoms with Gasteiger partial charge in [0, 0.05) is 22.2 Å². The average Bonchev–Trinajstić information content (AvgIpc) is 3.21. The third-order valence-electron chi connectivity index (χ3n) is 4.90. The predicted molar refractivity (Wildman–Crippen MR) is 108 cm³/mol. The normalized spacial score (nSPS) is 12.8. The molecule has 1 N–H and O–H groups in total. The fourth-order valence-electron chi connectivity index (χ4n) is 3.73. The van der Waals surface area contributed by atoms with E-state index in [0.29, 0.717) is 4.53 Å². The maximum absolute atomic E-state index is 13.1. The van der Waals surface area contributed by atoms with E-state index in [9.17, 15) is 4.79 Å². The van der Waals surface area contributed by atoms with Crippen molar-refractivity contribution in [3.63, 3.8) is 0 Å². The van der Waals surface area contributed by atoms with Crippen LogP contribution in [0.2, 0.25) is 0 Å². The van der Waals surface area contributed by atoms with Gasteiger partial charge in [-0.15, -0.1) is 0 Å². The Labute approximate surface area is 153 Å². The van der Waals surface area contributed by atoms with Gasteiger partial charge in [0.05, 0.1) is 15.6 Å². The van der Waals surface area contributed by atoms with E-state index >= 15 is 0 Å². The van der Waals surface area contributed by atoms with Crippen LogP contribution in [0.1, 0.15) is 22.4 Å². The molecule has 3 heterocycles. The molecule has 0 saturated heterocycles. The van der Waals surface area contributed by atoms with E-state index < -0.39 is 0 Å². The van der Waals surface area contributed by atoms with Crippen molar-refractivity contribution in [2.75, 3.05) is 0 Å². The number of H-pyrrole nitrogens is 1. The lowest BCUT2D eigenvalue weighted by Gasteiger charge is -1.97. The summed E-state index contributed by atoms with van der Waals surface area (Å²) < 4.78 is 2.46. The number of thiazole rings is 1. The molecule has 26 heavy (non-hydrogen) atoms. The minimum Gasteiger partial charge on any atom is -0.358 e. The molecule has 0 aliphatic rings. The minimum atomic E-state index is 0.00202. The molecule has 2 aromatic carbocycles. The summed E-state index contributed by atoms with van der Waals surface area (Å²) >= 11 is 1.45. The lowest BCUT2D eigenvalue weighted by atomic mass is 10.1. The van der Waals surface area contributed by atoms with E-state index in [-0.39, 0.29) is 5.56 Å². The number of hydrogen-bond donors (Lipinski definition) is 1. The van der Waals surface area contributed by atoms with E-state index in [0.717, 1.165) is 49.3 Å². The van der Waals surface area contributed by atoms with Crippen LogP contribution >= 0.6 is 11.3 Å². The minimum absolute atomic E-state index is 0.00202. The van der Waals surface area contributed by atoms with Crippen molar-refractivity contribution in [3.05, 3.63) is 73.7 Å². The number of aromatic nitrogens is 3. The first-order valence-electron chi connectivity index (χ1n) is 8.54. The molecule has 0 amide bonds. The van der Waals surface area contributed by atoms with E-state index in [1.165, 1.54) is 11.3 Å². The Morgan fingerprint density at radius 1 is 1.15 bits per heavy atom. The van der Waals surface area contributed by atoms with Crippen LogP contribution in [0, 0.1) is 20.8 Å². The average molecular weight is 359 g/mol. The molecular weight excluding hydrogens is 342 g/mol. The zero-order valence-corrected chi connectivity index (χ0v) is 15.6. The topological polar surface area (TPSA) is 50.2 Å². The number of nitrogens with one attached hydrogen (secondary N) is 1. The number of imidazole rings is 1. The molecular formula is C21H17N3OS. The van der Waals surface area contributed by atoms with E-state index in [2.05, 4.69) is 23.2 Å². The second-order valence-electron chi connectivity index (χ2n) is 6.80. The Morgan fingerprint density at radius 2 is 1.96 bits per heavy atom. The van der Waals surface area contributed by atoms with Gasteiger partial charge in [0.1, 0.15) is 0 Å². The van der Waals surface area contributed by atoms with Gasteiger partial charge >= 0.3 is 0 Å². The SMILES string of the molecule is Cc1cc(C)c2nc3s/c(=C/c4c(C)[nH]c5ccccc45)c(=O)n3c2c1. The van der Waals surface area contributed by atoms with Crippen LogP contribution in [0.25, 0.3) is 33.0 Å². The molecule has 5 rings (SSSR count). The highest BCUT2D eigenvalue weighted by molar-refractivity contribution is 7.15. The molecule has 4 nitrogen and oxygen atoms in total. The van der Waals surface area contributed by atoms with Gasteiger partial charge < -0.3 is 4.98 Å². The second kappa shape index (κ2) is 5.29. The standard InChI is InChI=1S/C21H17N3OS/c1-11-8-12(2)19-17(9-11)24-20(25)18(26-21(24)23-19)10-15-13(3)22-16-7-5-4-6-14(15)16/h4-10,22H,1-3H3/b18-10+. The molecule has 0 saturated carbocycles. The molecule has 0 radical (unpaired) electrons. The molecule has 5 heteroatoms. The van der Waals surface area contributed by atoms with Crippen LogP contribution in [0.4, 0.5) is 0 Å². The van der Waals surface area contributed by atoms with Gasteiger partial charge in [-0.25, -0.2) is 9.38 Å². The van der Waals surface area contributed by atoms with Gasteiger partial charge in [-0.2, -0.15) is 0 Å². The molecule has 0 fully saturated rings. The van der Waals surface area contributed by atoms with Crippen molar-refractivity contribution in [3.8, 4) is 0 Å². The van der Waals surface area contributed by atoms with Crippen molar-refractivity contribution < 1.29 is 0 Å². The molecule has 3 aromatic heterocycles. The Balaban J connectivity index is 1.85. The third kappa shape index (κ3) is 2.07. The third-order valence-corrected chi connectivity index (χ3v) is 5.87. The van der Waals surface area contributed by atoms with Crippen molar-refractivity contribution in [2.45, 2.75) is 20.8 Å². The van der Waals surface area contributed by atoms with Crippen LogP contribution in [0.15, 0.2) is 41.2 Å². The maximum atomic E-state index is 13.1. The van der Waals surface area contributed by atoms with E-state index in [1.807, 2.05) is 45.0 Å². The summed E-state index contributed by atoms with van der Waals surface area (Å²) in [5.41, 5.74) is 7.27. The Hall–Kier alpha value is -2.92. The van der Waals surface area contributed by atoms with Crippen LogP contribution in [-0.4, -0.2) is 14.4 Å². The largest absolute Gasteiger partial charge is 0.358 e. The zero-order valence-electron chi connectivity index (χ0n) is 14.8. The summed E-state index contributed by atoms with van der Waals surface area (Å²) in [4.78, 5) is 21.9. The molecule has 0 spiro atoms. The lowest BCUT2D eigenvalue weighted by Crippen LogP contribution is -2.22. The van der Waals surface area contributed by atoms with Crippen LogP contribution in [-0.2, 0) is 0 Å². The van der Waals surface area contributed by atoms with E-state index in [1.54, 1.807) is 4.40 Å². The molecule has 0 aliphatic carbocycles. The van der Waals surface area contributed by atoms with Crippen molar-refractivity contribution in [2.24, 2.45) is 0 Å². The molecule has 0 aliphatic heterocycles. The quantitative estimate of drug-likeness (QED) is 0.494. The van der Waals surface area contributed by atoms with Gasteiger partial charge in [-0.05, 0) is 50.1 Å². The number of benzene rings is 2. The summed E-state index contributed by atoms with van der Waals surface area (Å²) in [5, 5.41) is 1.13. The number of para-hydroxylation sites is 1. The maximum Gasteiger partial charge on any atom is 0.274 e. The number of hydrogen-bond acceptors (Lipinski definition) is 3. The molecule has 0 bridgehead atoms. The summed E-state index contributed by atoms with van der Waals surface area (Å²) in [6.45, 7) is 6.13. The first-order valence-corrected chi connectivity index (χ1v) is 9.36. The van der Waals surface area contributed by atoms with Crippen molar-refractivity contribution in [1.82, 2.24) is 14.4 Å². The van der Waals surface area contributed by atoms with Crippen LogP contribution in [0.3, 0.4) is 0 Å². The summed E-state index contributed by atoms with van der Waals surface area (Å²) in [5.74, 6) is 0. The highest BCUT2D eigenvalue weighted by atomic mass is 32.1. The van der Waals surface area contributed by atoms with Gasteiger partial charge in [0.2, 0.25) is 0 Å². The molecule has 5 aromatic rings. The van der Waals surface area contributed by atoms with Crippen molar-refractivity contribution in [1.29, 1.82) is 0 Å². The Kier molecular flexibility index (Phi) is 3.12. The fourth-order valence-corrected chi connectivity index (χ4v) is 4.69.